The van der Waals surface area contributed by atoms with Gasteiger partial charge in [-0.15, -0.1) is 0 Å². The highest BCUT2D eigenvalue weighted by Crippen LogP contribution is 2.25. The second-order valence-electron chi connectivity index (χ2n) is 6.81. The van der Waals surface area contributed by atoms with Gasteiger partial charge in [0.15, 0.2) is 0 Å². The first-order chi connectivity index (χ1) is 15.5. The molecular formula is C25H19FO6. The number of benzene rings is 3. The average Bonchev–Trinajstić information content (AvgIpc) is 2.81. The molecule has 0 atom stereocenters. The number of halogens is 1. The van der Waals surface area contributed by atoms with Gasteiger partial charge in [0.25, 0.3) is 0 Å². The number of hydrogen-bond donors (Lipinski definition) is 0. The molecule has 0 unspecified atom stereocenters. The summed E-state index contributed by atoms with van der Waals surface area (Å²) < 4.78 is 35.5. The fourth-order valence-electron chi connectivity index (χ4n) is 3.03. The molecule has 7 heteroatoms. The van der Waals surface area contributed by atoms with Gasteiger partial charge in [0.2, 0.25) is 11.2 Å². The van der Waals surface area contributed by atoms with Crippen LogP contribution in [0.15, 0.2) is 82.2 Å². The highest BCUT2D eigenvalue weighted by atomic mass is 19.1. The first kappa shape index (κ1) is 21.1. The molecule has 162 valence electrons. The topological polar surface area (TPSA) is 75.0 Å². The van der Waals surface area contributed by atoms with Crippen molar-refractivity contribution < 1.29 is 27.8 Å². The molecule has 0 radical (unpaired) electrons. The summed E-state index contributed by atoms with van der Waals surface area (Å²) >= 11 is 0. The van der Waals surface area contributed by atoms with Crippen molar-refractivity contribution in [2.45, 2.75) is 13.5 Å². The molecule has 0 bridgehead atoms. The summed E-state index contributed by atoms with van der Waals surface area (Å²) in [7, 11) is 0. The van der Waals surface area contributed by atoms with Crippen LogP contribution < -0.4 is 14.9 Å². The largest absolute Gasteiger partial charge is 0.489 e. The van der Waals surface area contributed by atoms with Crippen molar-refractivity contribution >= 4 is 16.9 Å². The summed E-state index contributed by atoms with van der Waals surface area (Å²) in [4.78, 5) is 24.5. The highest BCUT2D eigenvalue weighted by molar-refractivity contribution is 5.89. The molecule has 0 N–H and O–H groups in total. The number of fused-ring (bicyclic) bond motifs is 1. The summed E-state index contributed by atoms with van der Waals surface area (Å²) in [5.74, 6) is 0.0252. The molecular weight excluding hydrogens is 415 g/mol. The number of hydrogen-bond acceptors (Lipinski definition) is 6. The smallest absolute Gasteiger partial charge is 0.338 e. The number of rotatable bonds is 7. The molecule has 1 heterocycles. The lowest BCUT2D eigenvalue weighted by Gasteiger charge is -2.09. The van der Waals surface area contributed by atoms with Crippen LogP contribution in [-0.2, 0) is 11.3 Å². The molecule has 0 saturated heterocycles. The van der Waals surface area contributed by atoms with E-state index in [2.05, 4.69) is 0 Å². The van der Waals surface area contributed by atoms with Crippen molar-refractivity contribution in [2.75, 3.05) is 6.61 Å². The van der Waals surface area contributed by atoms with E-state index in [0.717, 1.165) is 0 Å². The first-order valence-corrected chi connectivity index (χ1v) is 9.92. The van der Waals surface area contributed by atoms with Gasteiger partial charge in [0.05, 0.1) is 17.6 Å². The van der Waals surface area contributed by atoms with Crippen molar-refractivity contribution in [3.8, 4) is 17.2 Å². The third-order valence-electron chi connectivity index (χ3n) is 4.66. The van der Waals surface area contributed by atoms with Gasteiger partial charge >= 0.3 is 5.97 Å². The first-order valence-electron chi connectivity index (χ1n) is 9.92. The van der Waals surface area contributed by atoms with E-state index in [-0.39, 0.29) is 30.2 Å². The van der Waals surface area contributed by atoms with Crippen molar-refractivity contribution in [3.63, 3.8) is 0 Å². The lowest BCUT2D eigenvalue weighted by atomic mass is 10.2. The summed E-state index contributed by atoms with van der Waals surface area (Å²) in [6.07, 6.45) is 1.21. The quantitative estimate of drug-likeness (QED) is 0.359. The van der Waals surface area contributed by atoms with E-state index in [1.807, 2.05) is 0 Å². The Morgan fingerprint density at radius 2 is 1.75 bits per heavy atom. The van der Waals surface area contributed by atoms with Crippen LogP contribution in [0.1, 0.15) is 22.8 Å². The highest BCUT2D eigenvalue weighted by Gasteiger charge is 2.12. The monoisotopic (exact) mass is 434 g/mol. The molecule has 0 aliphatic heterocycles. The molecule has 0 amide bonds. The maximum atomic E-state index is 13.7. The van der Waals surface area contributed by atoms with Crippen LogP contribution in [0.3, 0.4) is 0 Å². The van der Waals surface area contributed by atoms with Gasteiger partial charge in [-0.1, -0.05) is 18.2 Å². The van der Waals surface area contributed by atoms with Gasteiger partial charge in [-0.3, -0.25) is 4.79 Å². The zero-order valence-corrected chi connectivity index (χ0v) is 17.2. The second kappa shape index (κ2) is 9.34. The van der Waals surface area contributed by atoms with Crippen molar-refractivity contribution in [2.24, 2.45) is 0 Å². The Morgan fingerprint density at radius 1 is 1.00 bits per heavy atom. The van der Waals surface area contributed by atoms with E-state index in [1.165, 1.54) is 12.3 Å². The minimum Gasteiger partial charge on any atom is -0.489 e. The van der Waals surface area contributed by atoms with Gasteiger partial charge < -0.3 is 18.6 Å². The van der Waals surface area contributed by atoms with E-state index < -0.39 is 5.97 Å². The van der Waals surface area contributed by atoms with Gasteiger partial charge in [0, 0.05) is 11.6 Å². The van der Waals surface area contributed by atoms with Crippen LogP contribution >= 0.6 is 0 Å². The average molecular weight is 434 g/mol. The summed E-state index contributed by atoms with van der Waals surface area (Å²) in [6, 6.07) is 17.3. The van der Waals surface area contributed by atoms with E-state index >= 15 is 0 Å². The molecule has 0 aliphatic rings. The Balaban J connectivity index is 1.50. The van der Waals surface area contributed by atoms with Gasteiger partial charge in [-0.05, 0) is 49.4 Å². The van der Waals surface area contributed by atoms with E-state index in [1.54, 1.807) is 67.6 Å². The van der Waals surface area contributed by atoms with Crippen LogP contribution in [0.4, 0.5) is 4.39 Å². The van der Waals surface area contributed by atoms with Gasteiger partial charge in [0.1, 0.15) is 35.8 Å². The molecule has 0 saturated carbocycles. The molecule has 0 aliphatic carbocycles. The number of esters is 1. The summed E-state index contributed by atoms with van der Waals surface area (Å²) in [5.41, 5.74) is 0.756. The number of carbonyl (C=O) groups excluding carboxylic acids is 1. The van der Waals surface area contributed by atoms with Crippen LogP contribution in [0.2, 0.25) is 0 Å². The second-order valence-corrected chi connectivity index (χ2v) is 6.81. The zero-order chi connectivity index (χ0) is 22.5. The van der Waals surface area contributed by atoms with Crippen molar-refractivity contribution in [1.82, 2.24) is 0 Å². The third kappa shape index (κ3) is 4.62. The number of carbonyl (C=O) groups is 1. The predicted octanol–water partition coefficient (Wildman–Crippen LogP) is 5.48. The fourth-order valence-corrected chi connectivity index (χ4v) is 3.03. The standard InChI is InChI=1S/C25H19FO6/c1-2-29-25(28)16-7-9-18(10-8-16)32-23-15-31-22-13-19(11-12-20(22)24(23)27)30-14-17-5-3-4-6-21(17)26/h3-13,15H,2,14H2,1H3. The van der Waals surface area contributed by atoms with Crippen molar-refractivity contribution in [1.29, 1.82) is 0 Å². The molecule has 32 heavy (non-hydrogen) atoms. The minimum atomic E-state index is -0.433. The number of ether oxygens (including phenoxy) is 3. The van der Waals surface area contributed by atoms with Gasteiger partial charge in [-0.25, -0.2) is 9.18 Å². The predicted molar refractivity (Wildman–Crippen MR) is 116 cm³/mol. The Labute approximate surface area is 182 Å². The molecule has 1 aromatic heterocycles. The summed E-state index contributed by atoms with van der Waals surface area (Å²) in [5, 5.41) is 0.309. The lowest BCUT2D eigenvalue weighted by Crippen LogP contribution is -2.06. The van der Waals surface area contributed by atoms with Crippen LogP contribution in [0.5, 0.6) is 17.2 Å². The Morgan fingerprint density at radius 3 is 2.50 bits per heavy atom. The molecule has 0 fully saturated rings. The van der Waals surface area contributed by atoms with Gasteiger partial charge in [-0.2, -0.15) is 0 Å². The van der Waals surface area contributed by atoms with Crippen molar-refractivity contribution in [3.05, 3.63) is 100 Å². The van der Waals surface area contributed by atoms with Crippen LogP contribution in [0.25, 0.3) is 11.0 Å². The van der Waals surface area contributed by atoms with E-state index in [4.69, 9.17) is 18.6 Å². The molecule has 6 nitrogen and oxygen atoms in total. The Bertz CT molecular complexity index is 1310. The van der Waals surface area contributed by atoms with Crippen LogP contribution in [0, 0.1) is 5.82 Å². The van der Waals surface area contributed by atoms with E-state index in [9.17, 15) is 14.0 Å². The maximum Gasteiger partial charge on any atom is 0.338 e. The normalized spacial score (nSPS) is 10.7. The molecule has 4 rings (SSSR count). The van der Waals surface area contributed by atoms with E-state index in [0.29, 0.717) is 33.6 Å². The SMILES string of the molecule is CCOC(=O)c1ccc(Oc2coc3cc(OCc4ccccc4F)ccc3c2=O)cc1. The summed E-state index contributed by atoms with van der Waals surface area (Å²) in [6.45, 7) is 2.06. The Hall–Kier alpha value is -4.13. The molecule has 3 aromatic carbocycles. The molecule has 4 aromatic rings. The maximum absolute atomic E-state index is 13.7. The minimum absolute atomic E-state index is 0.00131. The lowest BCUT2D eigenvalue weighted by molar-refractivity contribution is 0.0526. The third-order valence-corrected chi connectivity index (χ3v) is 4.66. The van der Waals surface area contributed by atoms with Crippen LogP contribution in [-0.4, -0.2) is 12.6 Å². The molecule has 0 spiro atoms. The Kier molecular flexibility index (Phi) is 6.17. The fraction of sp³-hybridized carbons (Fsp3) is 0.120. The zero-order valence-electron chi connectivity index (χ0n) is 17.2.